The number of hydrogen-bond donors (Lipinski definition) is 0. The Kier molecular flexibility index (Phi) is 5.64. The molecule has 5 heteroatoms. The van der Waals surface area contributed by atoms with Crippen LogP contribution in [0.5, 0.6) is 11.5 Å². The molecule has 1 unspecified atom stereocenters. The molecule has 1 aromatic rings. The molecular formula is C18H24O5. The minimum absolute atomic E-state index is 0.0282. The number of hydrogen-bond acceptors (Lipinski definition) is 5. The van der Waals surface area contributed by atoms with Crippen LogP contribution in [0.1, 0.15) is 43.1 Å². The number of esters is 1. The molecule has 0 amide bonds. The first-order valence-electron chi connectivity index (χ1n) is 8.02. The topological polar surface area (TPSA) is 61.8 Å². The van der Waals surface area contributed by atoms with Crippen LogP contribution in [0, 0.1) is 11.8 Å². The first kappa shape index (κ1) is 17.3. The Morgan fingerprint density at radius 1 is 1.30 bits per heavy atom. The number of fused-ring (bicyclic) bond motifs is 1. The second kappa shape index (κ2) is 7.49. The first-order valence-corrected chi connectivity index (χ1v) is 8.02. The summed E-state index contributed by atoms with van der Waals surface area (Å²) in [6, 6.07) is 3.47. The Balaban J connectivity index is 2.34. The lowest BCUT2D eigenvalue weighted by Gasteiger charge is -2.28. The van der Waals surface area contributed by atoms with Crippen molar-refractivity contribution in [2.24, 2.45) is 11.8 Å². The number of benzene rings is 1. The molecule has 0 N–H and O–H groups in total. The molecule has 0 fully saturated rings. The van der Waals surface area contributed by atoms with Crippen LogP contribution < -0.4 is 9.47 Å². The Morgan fingerprint density at radius 2 is 2.00 bits per heavy atom. The van der Waals surface area contributed by atoms with E-state index >= 15 is 0 Å². The van der Waals surface area contributed by atoms with E-state index in [9.17, 15) is 9.59 Å². The fourth-order valence-corrected chi connectivity index (χ4v) is 3.03. The van der Waals surface area contributed by atoms with Gasteiger partial charge in [0.25, 0.3) is 0 Å². The highest BCUT2D eigenvalue weighted by Crippen LogP contribution is 2.39. The summed E-state index contributed by atoms with van der Waals surface area (Å²) in [6.45, 7) is 5.94. The summed E-state index contributed by atoms with van der Waals surface area (Å²) >= 11 is 0. The maximum Gasteiger partial charge on any atom is 0.344 e. The number of Topliss-reactive ketones (excluding diaryl/α,β-unsaturated/α-hetero) is 1. The van der Waals surface area contributed by atoms with E-state index in [0.717, 1.165) is 18.4 Å². The molecule has 0 bridgehead atoms. The SMILES string of the molecule is CCOC(=O)COc1ccc(OC)c2c1C(=O)C(C(C)C)CC2. The Labute approximate surface area is 136 Å². The van der Waals surface area contributed by atoms with Gasteiger partial charge >= 0.3 is 5.97 Å². The average Bonchev–Trinajstić information content (AvgIpc) is 2.52. The molecule has 0 saturated heterocycles. The Bertz CT molecular complexity index is 591. The maximum absolute atomic E-state index is 12.9. The van der Waals surface area contributed by atoms with Gasteiger partial charge in [-0.05, 0) is 37.8 Å². The Hall–Kier alpha value is -2.04. The molecule has 1 aromatic carbocycles. The van der Waals surface area contributed by atoms with Crippen molar-refractivity contribution in [2.75, 3.05) is 20.3 Å². The van der Waals surface area contributed by atoms with Gasteiger partial charge in [0.1, 0.15) is 11.5 Å². The van der Waals surface area contributed by atoms with Gasteiger partial charge in [0, 0.05) is 11.5 Å². The van der Waals surface area contributed by atoms with E-state index in [2.05, 4.69) is 0 Å². The van der Waals surface area contributed by atoms with E-state index in [0.29, 0.717) is 23.7 Å². The largest absolute Gasteiger partial charge is 0.496 e. The molecule has 126 valence electrons. The van der Waals surface area contributed by atoms with Gasteiger partial charge in [-0.3, -0.25) is 4.79 Å². The molecule has 0 radical (unpaired) electrons. The summed E-state index contributed by atoms with van der Waals surface area (Å²) < 4.78 is 15.8. The van der Waals surface area contributed by atoms with Crippen LogP contribution >= 0.6 is 0 Å². The molecule has 0 heterocycles. The Morgan fingerprint density at radius 3 is 2.61 bits per heavy atom. The molecular weight excluding hydrogens is 296 g/mol. The highest BCUT2D eigenvalue weighted by Gasteiger charge is 2.34. The molecule has 1 atom stereocenters. The number of carbonyl (C=O) groups excluding carboxylic acids is 2. The molecule has 5 nitrogen and oxygen atoms in total. The standard InChI is InChI=1S/C18H24O5/c1-5-22-16(19)10-23-15-9-8-14(21-4)13-7-6-12(11(2)3)18(20)17(13)15/h8-9,11-12H,5-7,10H2,1-4H3. The molecule has 0 spiro atoms. The fraction of sp³-hybridized carbons (Fsp3) is 0.556. The summed E-state index contributed by atoms with van der Waals surface area (Å²) in [5, 5.41) is 0. The number of ether oxygens (including phenoxy) is 3. The van der Waals surface area contributed by atoms with Gasteiger partial charge < -0.3 is 14.2 Å². The van der Waals surface area contributed by atoms with Gasteiger partial charge in [-0.15, -0.1) is 0 Å². The summed E-state index contributed by atoms with van der Waals surface area (Å²) in [5.74, 6) is 0.988. The number of rotatable bonds is 6. The molecule has 0 saturated carbocycles. The van der Waals surface area contributed by atoms with E-state index in [-0.39, 0.29) is 24.2 Å². The second-order valence-electron chi connectivity index (χ2n) is 5.97. The number of carbonyl (C=O) groups is 2. The van der Waals surface area contributed by atoms with Crippen LogP contribution in [0.15, 0.2) is 12.1 Å². The smallest absolute Gasteiger partial charge is 0.344 e. The third kappa shape index (κ3) is 3.66. The van der Waals surface area contributed by atoms with Crippen molar-refractivity contribution in [1.82, 2.24) is 0 Å². The van der Waals surface area contributed by atoms with Crippen LogP contribution in [0.3, 0.4) is 0 Å². The van der Waals surface area contributed by atoms with Crippen LogP contribution in [-0.4, -0.2) is 32.1 Å². The van der Waals surface area contributed by atoms with Crippen LogP contribution in [0.4, 0.5) is 0 Å². The van der Waals surface area contributed by atoms with Gasteiger partial charge in [-0.1, -0.05) is 13.8 Å². The van der Waals surface area contributed by atoms with Crippen molar-refractivity contribution >= 4 is 11.8 Å². The number of methoxy groups -OCH3 is 1. The zero-order valence-electron chi connectivity index (χ0n) is 14.2. The minimum Gasteiger partial charge on any atom is -0.496 e. The van der Waals surface area contributed by atoms with Gasteiger partial charge in [0.15, 0.2) is 12.4 Å². The van der Waals surface area contributed by atoms with Crippen molar-refractivity contribution in [2.45, 2.75) is 33.6 Å². The fourth-order valence-electron chi connectivity index (χ4n) is 3.03. The highest BCUT2D eigenvalue weighted by molar-refractivity contribution is 6.03. The normalized spacial score (nSPS) is 16.9. The highest BCUT2D eigenvalue weighted by atomic mass is 16.6. The molecule has 1 aliphatic carbocycles. The van der Waals surface area contributed by atoms with Crippen molar-refractivity contribution in [3.05, 3.63) is 23.3 Å². The van der Waals surface area contributed by atoms with Gasteiger partial charge in [0.05, 0.1) is 19.3 Å². The summed E-state index contributed by atoms with van der Waals surface area (Å²) in [5.41, 5.74) is 1.43. The van der Waals surface area contributed by atoms with Gasteiger partial charge in [-0.25, -0.2) is 4.79 Å². The maximum atomic E-state index is 12.9. The van der Waals surface area contributed by atoms with E-state index in [1.165, 1.54) is 0 Å². The summed E-state index contributed by atoms with van der Waals surface area (Å²) in [7, 11) is 1.59. The number of ketones is 1. The zero-order chi connectivity index (χ0) is 17.0. The van der Waals surface area contributed by atoms with Crippen molar-refractivity contribution in [3.63, 3.8) is 0 Å². The third-order valence-electron chi connectivity index (χ3n) is 4.20. The molecule has 1 aliphatic rings. The minimum atomic E-state index is -0.444. The van der Waals surface area contributed by atoms with E-state index in [1.807, 2.05) is 13.8 Å². The lowest BCUT2D eigenvalue weighted by Crippen LogP contribution is -2.28. The summed E-state index contributed by atoms with van der Waals surface area (Å²) in [6.07, 6.45) is 1.57. The predicted octanol–water partition coefficient (Wildman–Crippen LogP) is 3.04. The second-order valence-corrected chi connectivity index (χ2v) is 5.97. The quantitative estimate of drug-likeness (QED) is 0.754. The van der Waals surface area contributed by atoms with Crippen LogP contribution in [-0.2, 0) is 16.0 Å². The lowest BCUT2D eigenvalue weighted by molar-refractivity contribution is -0.145. The van der Waals surface area contributed by atoms with E-state index in [1.54, 1.807) is 26.2 Å². The van der Waals surface area contributed by atoms with Crippen molar-refractivity contribution in [3.8, 4) is 11.5 Å². The van der Waals surface area contributed by atoms with Crippen molar-refractivity contribution < 1.29 is 23.8 Å². The predicted molar refractivity (Wildman–Crippen MR) is 86.1 cm³/mol. The monoisotopic (exact) mass is 320 g/mol. The third-order valence-corrected chi connectivity index (χ3v) is 4.20. The van der Waals surface area contributed by atoms with E-state index < -0.39 is 5.97 Å². The van der Waals surface area contributed by atoms with E-state index in [4.69, 9.17) is 14.2 Å². The first-order chi connectivity index (χ1) is 11.0. The van der Waals surface area contributed by atoms with Gasteiger partial charge in [0.2, 0.25) is 0 Å². The molecule has 23 heavy (non-hydrogen) atoms. The molecule has 0 aliphatic heterocycles. The van der Waals surface area contributed by atoms with Crippen LogP contribution in [0.25, 0.3) is 0 Å². The molecule has 2 rings (SSSR count). The molecule has 0 aromatic heterocycles. The lowest BCUT2D eigenvalue weighted by atomic mass is 9.76. The summed E-state index contributed by atoms with van der Waals surface area (Å²) in [4.78, 5) is 24.4. The van der Waals surface area contributed by atoms with Gasteiger partial charge in [-0.2, -0.15) is 0 Å². The van der Waals surface area contributed by atoms with Crippen molar-refractivity contribution in [1.29, 1.82) is 0 Å². The zero-order valence-corrected chi connectivity index (χ0v) is 14.2. The van der Waals surface area contributed by atoms with Crippen LogP contribution in [0.2, 0.25) is 0 Å². The average molecular weight is 320 g/mol.